The molecule has 0 bridgehead atoms. The standard InChI is InChI=1S/C18H14Cl2N4O2/c19-14-6-4-12(5-7-14)8-17(25)22-23-18(26)13-10-21-24(11-13)16-3-1-2-15(20)9-16/h1-7,9-11H,8H2,(H,22,25)(H,23,26). The van der Waals surface area contributed by atoms with Gasteiger partial charge in [-0.25, -0.2) is 4.68 Å². The quantitative estimate of drug-likeness (QED) is 0.673. The van der Waals surface area contributed by atoms with Gasteiger partial charge in [-0.1, -0.05) is 41.4 Å². The first-order valence-electron chi connectivity index (χ1n) is 7.65. The van der Waals surface area contributed by atoms with Gasteiger partial charge in [-0.2, -0.15) is 5.10 Å². The van der Waals surface area contributed by atoms with Gasteiger partial charge in [0.05, 0.1) is 23.9 Å². The number of aromatic nitrogens is 2. The summed E-state index contributed by atoms with van der Waals surface area (Å²) in [6, 6.07) is 14.0. The lowest BCUT2D eigenvalue weighted by Gasteiger charge is -2.06. The van der Waals surface area contributed by atoms with Crippen LogP contribution in [0.25, 0.3) is 5.69 Å². The molecular weight excluding hydrogens is 375 g/mol. The summed E-state index contributed by atoms with van der Waals surface area (Å²) in [5, 5.41) is 5.29. The molecule has 0 spiro atoms. The second-order valence-corrected chi connectivity index (χ2v) is 6.33. The summed E-state index contributed by atoms with van der Waals surface area (Å²) in [5.41, 5.74) is 6.55. The Kier molecular flexibility index (Phi) is 5.55. The van der Waals surface area contributed by atoms with Crippen molar-refractivity contribution < 1.29 is 9.59 Å². The van der Waals surface area contributed by atoms with Crippen LogP contribution in [0.3, 0.4) is 0 Å². The van der Waals surface area contributed by atoms with Crippen LogP contribution in [0.2, 0.25) is 10.0 Å². The van der Waals surface area contributed by atoms with Gasteiger partial charge in [-0.05, 0) is 35.9 Å². The molecule has 3 aromatic rings. The molecule has 8 heteroatoms. The molecule has 0 aliphatic rings. The lowest BCUT2D eigenvalue weighted by Crippen LogP contribution is -2.42. The maximum Gasteiger partial charge on any atom is 0.272 e. The molecule has 0 saturated carbocycles. The largest absolute Gasteiger partial charge is 0.273 e. The first-order chi connectivity index (χ1) is 12.5. The molecule has 0 aliphatic carbocycles. The smallest absolute Gasteiger partial charge is 0.272 e. The van der Waals surface area contributed by atoms with Crippen LogP contribution in [0.4, 0.5) is 0 Å². The number of carbonyl (C=O) groups is 2. The molecule has 0 atom stereocenters. The Balaban J connectivity index is 1.57. The molecule has 1 heterocycles. The van der Waals surface area contributed by atoms with Gasteiger partial charge in [0.25, 0.3) is 5.91 Å². The van der Waals surface area contributed by atoms with E-state index >= 15 is 0 Å². The predicted octanol–water partition coefficient (Wildman–Crippen LogP) is 3.18. The van der Waals surface area contributed by atoms with E-state index in [0.717, 1.165) is 11.3 Å². The van der Waals surface area contributed by atoms with Crippen LogP contribution in [0, 0.1) is 0 Å². The Morgan fingerprint density at radius 1 is 1.00 bits per heavy atom. The first-order valence-corrected chi connectivity index (χ1v) is 8.41. The molecule has 3 rings (SSSR count). The monoisotopic (exact) mass is 388 g/mol. The van der Waals surface area contributed by atoms with Crippen molar-refractivity contribution in [3.05, 3.63) is 82.1 Å². The highest BCUT2D eigenvalue weighted by Gasteiger charge is 2.11. The van der Waals surface area contributed by atoms with E-state index in [1.807, 2.05) is 6.07 Å². The number of rotatable bonds is 4. The van der Waals surface area contributed by atoms with Crippen LogP contribution in [0.15, 0.2) is 60.9 Å². The lowest BCUT2D eigenvalue weighted by atomic mass is 10.1. The normalized spacial score (nSPS) is 10.4. The van der Waals surface area contributed by atoms with Crippen molar-refractivity contribution in [2.24, 2.45) is 0 Å². The summed E-state index contributed by atoms with van der Waals surface area (Å²) in [5.74, 6) is -0.814. The Morgan fingerprint density at radius 2 is 1.77 bits per heavy atom. The summed E-state index contributed by atoms with van der Waals surface area (Å²) in [6.45, 7) is 0. The zero-order valence-electron chi connectivity index (χ0n) is 13.4. The maximum atomic E-state index is 12.1. The molecule has 6 nitrogen and oxygen atoms in total. The minimum atomic E-state index is -0.470. The van der Waals surface area contributed by atoms with E-state index in [4.69, 9.17) is 23.2 Å². The van der Waals surface area contributed by atoms with Crippen LogP contribution < -0.4 is 10.9 Å². The first kappa shape index (κ1) is 18.0. The second-order valence-electron chi connectivity index (χ2n) is 5.46. The fourth-order valence-electron chi connectivity index (χ4n) is 2.23. The SMILES string of the molecule is O=C(Cc1ccc(Cl)cc1)NNC(=O)c1cnn(-c2cccc(Cl)c2)c1. The third kappa shape index (κ3) is 4.62. The fraction of sp³-hybridized carbons (Fsp3) is 0.0556. The summed E-state index contributed by atoms with van der Waals surface area (Å²) >= 11 is 11.7. The number of benzene rings is 2. The molecule has 2 aromatic carbocycles. The van der Waals surface area contributed by atoms with Crippen molar-refractivity contribution in [3.63, 3.8) is 0 Å². The number of nitrogens with zero attached hydrogens (tertiary/aromatic N) is 2. The minimum absolute atomic E-state index is 0.124. The molecule has 0 saturated heterocycles. The highest BCUT2D eigenvalue weighted by Crippen LogP contribution is 2.14. The topological polar surface area (TPSA) is 76.0 Å². The lowest BCUT2D eigenvalue weighted by molar-refractivity contribution is -0.121. The minimum Gasteiger partial charge on any atom is -0.273 e. The molecule has 132 valence electrons. The van der Waals surface area contributed by atoms with Crippen molar-refractivity contribution >= 4 is 35.0 Å². The summed E-state index contributed by atoms with van der Waals surface area (Å²) in [4.78, 5) is 24.0. The van der Waals surface area contributed by atoms with E-state index < -0.39 is 5.91 Å². The van der Waals surface area contributed by atoms with Crippen LogP contribution >= 0.6 is 23.2 Å². The Hall–Kier alpha value is -2.83. The zero-order chi connectivity index (χ0) is 18.5. The van der Waals surface area contributed by atoms with Gasteiger partial charge in [-0.3, -0.25) is 20.4 Å². The van der Waals surface area contributed by atoms with Crippen molar-refractivity contribution in [1.82, 2.24) is 20.6 Å². The Labute approximate surface area is 159 Å². The van der Waals surface area contributed by atoms with Crippen molar-refractivity contribution in [2.75, 3.05) is 0 Å². The third-order valence-electron chi connectivity index (χ3n) is 3.51. The molecule has 0 radical (unpaired) electrons. The predicted molar refractivity (Wildman–Crippen MR) is 99.3 cm³/mol. The van der Waals surface area contributed by atoms with Crippen molar-refractivity contribution in [3.8, 4) is 5.69 Å². The molecule has 1 aromatic heterocycles. The van der Waals surface area contributed by atoms with E-state index in [-0.39, 0.29) is 12.3 Å². The maximum absolute atomic E-state index is 12.1. The zero-order valence-corrected chi connectivity index (χ0v) is 15.0. The van der Waals surface area contributed by atoms with Gasteiger partial charge in [0.15, 0.2) is 0 Å². The molecule has 2 amide bonds. The van der Waals surface area contributed by atoms with Crippen LogP contribution in [-0.2, 0) is 11.2 Å². The average Bonchev–Trinajstić information content (AvgIpc) is 3.12. The van der Waals surface area contributed by atoms with Crippen LogP contribution in [-0.4, -0.2) is 21.6 Å². The highest BCUT2D eigenvalue weighted by molar-refractivity contribution is 6.30. The van der Waals surface area contributed by atoms with E-state index in [1.165, 1.54) is 10.9 Å². The van der Waals surface area contributed by atoms with Gasteiger partial charge in [0, 0.05) is 16.2 Å². The van der Waals surface area contributed by atoms with Gasteiger partial charge in [0.2, 0.25) is 5.91 Å². The van der Waals surface area contributed by atoms with Gasteiger partial charge >= 0.3 is 0 Å². The number of amides is 2. The number of hydrogen-bond donors (Lipinski definition) is 2. The van der Waals surface area contributed by atoms with E-state index in [0.29, 0.717) is 15.6 Å². The van der Waals surface area contributed by atoms with Gasteiger partial charge in [-0.15, -0.1) is 0 Å². The van der Waals surface area contributed by atoms with E-state index in [1.54, 1.807) is 48.7 Å². The summed E-state index contributed by atoms with van der Waals surface area (Å²) in [6.07, 6.45) is 3.08. The summed E-state index contributed by atoms with van der Waals surface area (Å²) in [7, 11) is 0. The number of carbonyl (C=O) groups excluding carboxylic acids is 2. The second kappa shape index (κ2) is 8.03. The molecule has 26 heavy (non-hydrogen) atoms. The molecular formula is C18H14Cl2N4O2. The van der Waals surface area contributed by atoms with E-state index in [2.05, 4.69) is 16.0 Å². The molecule has 2 N–H and O–H groups in total. The molecule has 0 fully saturated rings. The highest BCUT2D eigenvalue weighted by atomic mass is 35.5. The van der Waals surface area contributed by atoms with Crippen molar-refractivity contribution in [2.45, 2.75) is 6.42 Å². The fourth-order valence-corrected chi connectivity index (χ4v) is 2.54. The molecule has 0 aliphatic heterocycles. The summed E-state index contributed by atoms with van der Waals surface area (Å²) < 4.78 is 1.52. The molecule has 0 unspecified atom stereocenters. The number of hydrogen-bond acceptors (Lipinski definition) is 3. The van der Waals surface area contributed by atoms with E-state index in [9.17, 15) is 9.59 Å². The third-order valence-corrected chi connectivity index (χ3v) is 4.00. The van der Waals surface area contributed by atoms with Crippen LogP contribution in [0.5, 0.6) is 0 Å². The van der Waals surface area contributed by atoms with Gasteiger partial charge in [0.1, 0.15) is 0 Å². The van der Waals surface area contributed by atoms with Crippen molar-refractivity contribution in [1.29, 1.82) is 0 Å². The number of halogens is 2. The Bertz CT molecular complexity index is 938. The van der Waals surface area contributed by atoms with Crippen LogP contribution in [0.1, 0.15) is 15.9 Å². The van der Waals surface area contributed by atoms with Gasteiger partial charge < -0.3 is 0 Å². The average molecular weight is 389 g/mol. The number of nitrogens with one attached hydrogen (secondary N) is 2. The Morgan fingerprint density at radius 3 is 2.50 bits per heavy atom. The number of hydrazine groups is 1.